The van der Waals surface area contributed by atoms with Crippen LogP contribution in [0.2, 0.25) is 0 Å². The molecular weight excluding hydrogens is 226 g/mol. The second-order valence-electron chi connectivity index (χ2n) is 5.87. The molecule has 0 aromatic rings. The summed E-state index contributed by atoms with van der Waals surface area (Å²) in [5.41, 5.74) is 6.01. The Hall–Kier alpha value is -0.610. The highest BCUT2D eigenvalue weighted by atomic mass is 16.2. The minimum absolute atomic E-state index is 0.171. The SMILES string of the molecule is CCCCC(N)C(=O)N1CCC2CCC(C1)N2C. The highest BCUT2D eigenvalue weighted by Gasteiger charge is 2.36. The smallest absolute Gasteiger partial charge is 0.239 e. The lowest BCUT2D eigenvalue weighted by Gasteiger charge is -2.28. The minimum atomic E-state index is -0.285. The summed E-state index contributed by atoms with van der Waals surface area (Å²) >= 11 is 0. The first-order valence-corrected chi connectivity index (χ1v) is 7.39. The van der Waals surface area contributed by atoms with Crippen LogP contribution in [0.4, 0.5) is 0 Å². The third-order valence-electron chi connectivity index (χ3n) is 4.65. The van der Waals surface area contributed by atoms with Gasteiger partial charge in [-0.05, 0) is 32.7 Å². The molecule has 2 aliphatic heterocycles. The zero-order valence-corrected chi connectivity index (χ0v) is 11.8. The third kappa shape index (κ3) is 2.86. The van der Waals surface area contributed by atoms with Gasteiger partial charge in [-0.15, -0.1) is 0 Å². The van der Waals surface area contributed by atoms with E-state index in [1.165, 1.54) is 12.8 Å². The van der Waals surface area contributed by atoms with E-state index in [9.17, 15) is 4.79 Å². The van der Waals surface area contributed by atoms with Crippen molar-refractivity contribution < 1.29 is 4.79 Å². The second kappa shape index (κ2) is 6.02. The fourth-order valence-corrected chi connectivity index (χ4v) is 3.29. The third-order valence-corrected chi connectivity index (χ3v) is 4.65. The Balaban J connectivity index is 1.91. The Morgan fingerprint density at radius 1 is 1.33 bits per heavy atom. The molecule has 104 valence electrons. The monoisotopic (exact) mass is 253 g/mol. The molecule has 2 saturated heterocycles. The number of nitrogens with zero attached hydrogens (tertiary/aromatic N) is 2. The molecule has 2 heterocycles. The van der Waals surface area contributed by atoms with Crippen molar-refractivity contribution in [2.24, 2.45) is 5.73 Å². The van der Waals surface area contributed by atoms with Crippen molar-refractivity contribution in [1.82, 2.24) is 9.80 Å². The molecule has 0 radical (unpaired) electrons. The molecule has 2 bridgehead atoms. The van der Waals surface area contributed by atoms with Crippen molar-refractivity contribution in [3.8, 4) is 0 Å². The molecular formula is C14H27N3O. The number of rotatable bonds is 4. The molecule has 1 amide bonds. The Bertz CT molecular complexity index is 295. The van der Waals surface area contributed by atoms with E-state index in [1.807, 2.05) is 4.90 Å². The van der Waals surface area contributed by atoms with Crippen molar-refractivity contribution in [3.05, 3.63) is 0 Å². The standard InChI is InChI=1S/C14H27N3O/c1-3-4-5-13(15)14(18)17-9-8-11-6-7-12(10-17)16(11)2/h11-13H,3-10,15H2,1-2H3. The van der Waals surface area contributed by atoms with Crippen molar-refractivity contribution >= 4 is 5.91 Å². The van der Waals surface area contributed by atoms with Gasteiger partial charge in [0.2, 0.25) is 5.91 Å². The second-order valence-corrected chi connectivity index (χ2v) is 5.87. The number of nitrogens with two attached hydrogens (primary N) is 1. The summed E-state index contributed by atoms with van der Waals surface area (Å²) in [4.78, 5) is 16.8. The van der Waals surface area contributed by atoms with Crippen LogP contribution in [0.5, 0.6) is 0 Å². The zero-order valence-electron chi connectivity index (χ0n) is 11.8. The lowest BCUT2D eigenvalue weighted by Crippen LogP contribution is -2.47. The molecule has 2 aliphatic rings. The van der Waals surface area contributed by atoms with Crippen LogP contribution in [-0.2, 0) is 4.79 Å². The van der Waals surface area contributed by atoms with Gasteiger partial charge >= 0.3 is 0 Å². The molecule has 4 heteroatoms. The average molecular weight is 253 g/mol. The fraction of sp³-hybridized carbons (Fsp3) is 0.929. The maximum absolute atomic E-state index is 12.3. The molecule has 3 unspecified atom stereocenters. The van der Waals surface area contributed by atoms with Crippen molar-refractivity contribution in [1.29, 1.82) is 0 Å². The summed E-state index contributed by atoms with van der Waals surface area (Å²) in [6, 6.07) is 0.950. The van der Waals surface area contributed by atoms with Crippen LogP contribution in [0.3, 0.4) is 0 Å². The number of hydrogen-bond donors (Lipinski definition) is 1. The zero-order chi connectivity index (χ0) is 13.1. The summed E-state index contributed by atoms with van der Waals surface area (Å²) in [5.74, 6) is 0.171. The highest BCUT2D eigenvalue weighted by molar-refractivity contribution is 5.81. The molecule has 0 aromatic carbocycles. The predicted octanol–water partition coefficient (Wildman–Crippen LogP) is 1.20. The number of unbranched alkanes of at least 4 members (excludes halogenated alkanes) is 1. The Kier molecular flexibility index (Phi) is 4.62. The van der Waals surface area contributed by atoms with Crippen molar-refractivity contribution in [2.75, 3.05) is 20.1 Å². The molecule has 18 heavy (non-hydrogen) atoms. The number of amides is 1. The predicted molar refractivity (Wildman–Crippen MR) is 73.3 cm³/mol. The average Bonchev–Trinajstić information content (AvgIpc) is 2.59. The first-order valence-electron chi connectivity index (χ1n) is 7.39. The number of likely N-dealkylation sites (N-methyl/N-ethyl adjacent to an activating group) is 1. The van der Waals surface area contributed by atoms with E-state index in [1.54, 1.807) is 0 Å². The number of carbonyl (C=O) groups is 1. The Labute approximate surface area is 110 Å². The summed E-state index contributed by atoms with van der Waals surface area (Å²) in [7, 11) is 2.20. The molecule has 4 nitrogen and oxygen atoms in total. The summed E-state index contributed by atoms with van der Waals surface area (Å²) in [6.07, 6.45) is 6.62. The number of hydrogen-bond acceptors (Lipinski definition) is 3. The van der Waals surface area contributed by atoms with Crippen LogP contribution in [0.1, 0.15) is 45.4 Å². The van der Waals surface area contributed by atoms with Gasteiger partial charge < -0.3 is 10.6 Å². The van der Waals surface area contributed by atoms with Gasteiger partial charge in [0.15, 0.2) is 0 Å². The molecule has 2 fully saturated rings. The number of likely N-dealkylation sites (tertiary alicyclic amines) is 1. The van der Waals surface area contributed by atoms with E-state index in [4.69, 9.17) is 5.73 Å². The Morgan fingerprint density at radius 3 is 2.78 bits per heavy atom. The molecule has 0 aromatic heterocycles. The molecule has 0 saturated carbocycles. The van der Waals surface area contributed by atoms with Crippen LogP contribution in [-0.4, -0.2) is 54.0 Å². The quantitative estimate of drug-likeness (QED) is 0.819. The Morgan fingerprint density at radius 2 is 2.06 bits per heavy atom. The summed E-state index contributed by atoms with van der Waals surface area (Å²) < 4.78 is 0. The van der Waals surface area contributed by atoms with Crippen molar-refractivity contribution in [3.63, 3.8) is 0 Å². The van der Waals surface area contributed by atoms with Crippen LogP contribution < -0.4 is 5.73 Å². The van der Waals surface area contributed by atoms with Gasteiger partial charge in [-0.2, -0.15) is 0 Å². The van der Waals surface area contributed by atoms with Gasteiger partial charge in [0, 0.05) is 25.2 Å². The molecule has 0 spiro atoms. The lowest BCUT2D eigenvalue weighted by atomic mass is 10.1. The summed E-state index contributed by atoms with van der Waals surface area (Å²) in [5, 5.41) is 0. The fourth-order valence-electron chi connectivity index (χ4n) is 3.29. The summed E-state index contributed by atoms with van der Waals surface area (Å²) in [6.45, 7) is 3.91. The van der Waals surface area contributed by atoms with E-state index in [-0.39, 0.29) is 11.9 Å². The maximum Gasteiger partial charge on any atom is 0.239 e. The molecule has 0 aliphatic carbocycles. The van der Waals surface area contributed by atoms with E-state index < -0.39 is 0 Å². The van der Waals surface area contributed by atoms with Crippen LogP contribution >= 0.6 is 0 Å². The molecule has 2 rings (SSSR count). The normalized spacial score (nSPS) is 30.3. The van der Waals surface area contributed by atoms with E-state index in [0.29, 0.717) is 12.1 Å². The maximum atomic E-state index is 12.3. The van der Waals surface area contributed by atoms with Gasteiger partial charge in [0.1, 0.15) is 0 Å². The van der Waals surface area contributed by atoms with Gasteiger partial charge in [-0.1, -0.05) is 19.8 Å². The van der Waals surface area contributed by atoms with Crippen molar-refractivity contribution in [2.45, 2.75) is 63.6 Å². The van der Waals surface area contributed by atoms with Gasteiger partial charge in [0.05, 0.1) is 6.04 Å². The number of carbonyl (C=O) groups excluding carboxylic acids is 1. The van der Waals surface area contributed by atoms with Gasteiger partial charge in [-0.25, -0.2) is 0 Å². The van der Waals surface area contributed by atoms with E-state index >= 15 is 0 Å². The van der Waals surface area contributed by atoms with Crippen LogP contribution in [0.15, 0.2) is 0 Å². The largest absolute Gasteiger partial charge is 0.340 e. The van der Waals surface area contributed by atoms with E-state index in [2.05, 4.69) is 18.9 Å². The minimum Gasteiger partial charge on any atom is -0.340 e. The van der Waals surface area contributed by atoms with Crippen LogP contribution in [0, 0.1) is 0 Å². The lowest BCUT2D eigenvalue weighted by molar-refractivity contribution is -0.133. The highest BCUT2D eigenvalue weighted by Crippen LogP contribution is 2.28. The van der Waals surface area contributed by atoms with E-state index in [0.717, 1.165) is 38.8 Å². The molecule has 3 atom stereocenters. The number of fused-ring (bicyclic) bond motifs is 2. The van der Waals surface area contributed by atoms with Crippen LogP contribution in [0.25, 0.3) is 0 Å². The topological polar surface area (TPSA) is 49.6 Å². The van der Waals surface area contributed by atoms with Gasteiger partial charge in [0.25, 0.3) is 0 Å². The first kappa shape index (κ1) is 13.8. The van der Waals surface area contributed by atoms with Gasteiger partial charge in [-0.3, -0.25) is 9.69 Å². The molecule has 2 N–H and O–H groups in total. The first-order chi connectivity index (χ1) is 8.63.